The number of hydrogen-bond acceptors (Lipinski definition) is 3. The number of anilines is 1. The standard InChI is InChI=1S/C6H8N2O.C2H6/c1-2-6-5(7-3-1)4-8-9-6;1-2/h4,7H,1-3H2;1-2H3. The highest BCUT2D eigenvalue weighted by Crippen LogP contribution is 2.19. The van der Waals surface area contributed by atoms with Gasteiger partial charge in [0.05, 0.1) is 11.9 Å². The Labute approximate surface area is 66.8 Å². The Morgan fingerprint density at radius 1 is 1.55 bits per heavy atom. The van der Waals surface area contributed by atoms with Crippen molar-refractivity contribution in [3.63, 3.8) is 0 Å². The van der Waals surface area contributed by atoms with Crippen LogP contribution in [0.1, 0.15) is 26.0 Å². The minimum atomic E-state index is 1.00. The molecular formula is C8H14N2O. The molecule has 11 heavy (non-hydrogen) atoms. The number of aryl methyl sites for hydroxylation is 1. The first kappa shape index (κ1) is 8.11. The summed E-state index contributed by atoms with van der Waals surface area (Å²) >= 11 is 0. The second kappa shape index (κ2) is 4.01. The molecule has 0 unspecified atom stereocenters. The topological polar surface area (TPSA) is 38.1 Å². The first-order valence-corrected chi connectivity index (χ1v) is 4.14. The van der Waals surface area contributed by atoms with Crippen LogP contribution in [0.25, 0.3) is 0 Å². The Balaban J connectivity index is 0.000000281. The van der Waals surface area contributed by atoms with Gasteiger partial charge in [0.1, 0.15) is 0 Å². The molecule has 2 heterocycles. The zero-order valence-electron chi connectivity index (χ0n) is 7.05. The van der Waals surface area contributed by atoms with E-state index in [9.17, 15) is 0 Å². The van der Waals surface area contributed by atoms with E-state index in [0.717, 1.165) is 30.8 Å². The van der Waals surface area contributed by atoms with Crippen molar-refractivity contribution in [2.45, 2.75) is 26.7 Å². The van der Waals surface area contributed by atoms with Gasteiger partial charge in [0.25, 0.3) is 0 Å². The van der Waals surface area contributed by atoms with Crippen LogP contribution in [-0.2, 0) is 6.42 Å². The number of nitrogens with one attached hydrogen (secondary N) is 1. The molecule has 0 saturated heterocycles. The molecule has 1 aromatic rings. The Morgan fingerprint density at radius 3 is 3.09 bits per heavy atom. The second-order valence-electron chi connectivity index (χ2n) is 2.19. The first-order chi connectivity index (χ1) is 5.47. The van der Waals surface area contributed by atoms with Crippen molar-refractivity contribution in [2.75, 3.05) is 11.9 Å². The molecule has 1 aromatic heterocycles. The molecule has 0 saturated carbocycles. The summed E-state index contributed by atoms with van der Waals surface area (Å²) in [4.78, 5) is 0. The molecule has 0 amide bonds. The van der Waals surface area contributed by atoms with Crippen molar-refractivity contribution in [3.05, 3.63) is 12.0 Å². The molecular weight excluding hydrogens is 140 g/mol. The van der Waals surface area contributed by atoms with Crippen LogP contribution in [0.3, 0.4) is 0 Å². The van der Waals surface area contributed by atoms with E-state index in [-0.39, 0.29) is 0 Å². The molecule has 1 aliphatic heterocycles. The highest BCUT2D eigenvalue weighted by atomic mass is 16.5. The fourth-order valence-corrected chi connectivity index (χ4v) is 1.06. The maximum Gasteiger partial charge on any atom is 0.159 e. The summed E-state index contributed by atoms with van der Waals surface area (Å²) in [5.41, 5.74) is 1.07. The van der Waals surface area contributed by atoms with E-state index in [2.05, 4.69) is 10.5 Å². The van der Waals surface area contributed by atoms with E-state index in [4.69, 9.17) is 4.52 Å². The number of fused-ring (bicyclic) bond motifs is 1. The summed E-state index contributed by atoms with van der Waals surface area (Å²) in [7, 11) is 0. The number of aromatic nitrogens is 1. The summed E-state index contributed by atoms with van der Waals surface area (Å²) in [5, 5.41) is 6.85. The van der Waals surface area contributed by atoms with Gasteiger partial charge < -0.3 is 9.84 Å². The summed E-state index contributed by atoms with van der Waals surface area (Å²) in [6.45, 7) is 5.05. The second-order valence-corrected chi connectivity index (χ2v) is 2.19. The maximum absolute atomic E-state index is 4.94. The van der Waals surface area contributed by atoms with Crippen LogP contribution in [-0.4, -0.2) is 11.7 Å². The average Bonchev–Trinajstić information content (AvgIpc) is 2.55. The van der Waals surface area contributed by atoms with Crippen molar-refractivity contribution in [1.82, 2.24) is 5.16 Å². The summed E-state index contributed by atoms with van der Waals surface area (Å²) < 4.78 is 4.94. The molecule has 3 nitrogen and oxygen atoms in total. The van der Waals surface area contributed by atoms with Crippen LogP contribution in [0.2, 0.25) is 0 Å². The highest BCUT2D eigenvalue weighted by molar-refractivity contribution is 5.45. The molecule has 1 aliphatic rings. The van der Waals surface area contributed by atoms with E-state index in [1.807, 2.05) is 13.8 Å². The Bertz CT molecular complexity index is 187. The summed E-state index contributed by atoms with van der Waals surface area (Å²) in [6, 6.07) is 0. The van der Waals surface area contributed by atoms with Gasteiger partial charge in [-0.2, -0.15) is 0 Å². The summed E-state index contributed by atoms with van der Waals surface area (Å²) in [6.07, 6.45) is 3.92. The molecule has 1 N–H and O–H groups in total. The fraction of sp³-hybridized carbons (Fsp3) is 0.625. The minimum Gasteiger partial charge on any atom is -0.381 e. The molecule has 62 valence electrons. The lowest BCUT2D eigenvalue weighted by atomic mass is 10.2. The third-order valence-electron chi connectivity index (χ3n) is 1.54. The SMILES string of the molecule is CC.c1noc2c1NCCC2. The predicted octanol–water partition coefficient (Wildman–Crippen LogP) is 2.06. The van der Waals surface area contributed by atoms with Crippen molar-refractivity contribution >= 4 is 5.69 Å². The minimum absolute atomic E-state index is 1.00. The van der Waals surface area contributed by atoms with Crippen LogP contribution in [0.15, 0.2) is 10.7 Å². The van der Waals surface area contributed by atoms with Crippen LogP contribution in [0.4, 0.5) is 5.69 Å². The van der Waals surface area contributed by atoms with E-state index < -0.39 is 0 Å². The molecule has 0 fully saturated rings. The normalized spacial score (nSPS) is 14.0. The third-order valence-corrected chi connectivity index (χ3v) is 1.54. The van der Waals surface area contributed by atoms with E-state index in [0.29, 0.717) is 0 Å². The lowest BCUT2D eigenvalue weighted by Gasteiger charge is -2.09. The lowest BCUT2D eigenvalue weighted by Crippen LogP contribution is -2.08. The molecule has 0 spiro atoms. The van der Waals surface area contributed by atoms with E-state index >= 15 is 0 Å². The van der Waals surface area contributed by atoms with Gasteiger partial charge in [0.15, 0.2) is 5.76 Å². The fourth-order valence-electron chi connectivity index (χ4n) is 1.06. The van der Waals surface area contributed by atoms with Gasteiger partial charge in [-0.15, -0.1) is 0 Å². The zero-order chi connectivity index (χ0) is 8.10. The van der Waals surface area contributed by atoms with Crippen LogP contribution >= 0.6 is 0 Å². The Kier molecular flexibility index (Phi) is 2.95. The van der Waals surface area contributed by atoms with E-state index in [1.165, 1.54) is 0 Å². The Morgan fingerprint density at radius 2 is 2.36 bits per heavy atom. The van der Waals surface area contributed by atoms with Crippen molar-refractivity contribution < 1.29 is 4.52 Å². The molecule has 2 rings (SSSR count). The van der Waals surface area contributed by atoms with Gasteiger partial charge in [-0.3, -0.25) is 0 Å². The third kappa shape index (κ3) is 1.73. The van der Waals surface area contributed by atoms with Gasteiger partial charge >= 0.3 is 0 Å². The Hall–Kier alpha value is -0.990. The lowest BCUT2D eigenvalue weighted by molar-refractivity contribution is 0.380. The number of nitrogens with zero attached hydrogens (tertiary/aromatic N) is 1. The zero-order valence-corrected chi connectivity index (χ0v) is 7.05. The van der Waals surface area contributed by atoms with Crippen LogP contribution < -0.4 is 5.32 Å². The molecule has 3 heteroatoms. The van der Waals surface area contributed by atoms with Gasteiger partial charge in [-0.1, -0.05) is 19.0 Å². The van der Waals surface area contributed by atoms with Gasteiger partial charge in [-0.25, -0.2) is 0 Å². The van der Waals surface area contributed by atoms with Gasteiger partial charge in [0.2, 0.25) is 0 Å². The molecule has 0 bridgehead atoms. The molecule has 0 radical (unpaired) electrons. The first-order valence-electron chi connectivity index (χ1n) is 4.14. The van der Waals surface area contributed by atoms with E-state index in [1.54, 1.807) is 6.20 Å². The number of hydrogen-bond donors (Lipinski definition) is 1. The van der Waals surface area contributed by atoms with Crippen molar-refractivity contribution in [1.29, 1.82) is 0 Å². The quantitative estimate of drug-likeness (QED) is 0.621. The van der Waals surface area contributed by atoms with Crippen LogP contribution in [0, 0.1) is 0 Å². The van der Waals surface area contributed by atoms with Crippen molar-refractivity contribution in [3.8, 4) is 0 Å². The largest absolute Gasteiger partial charge is 0.381 e. The predicted molar refractivity (Wildman–Crippen MR) is 44.7 cm³/mol. The maximum atomic E-state index is 4.94. The van der Waals surface area contributed by atoms with Gasteiger partial charge in [0, 0.05) is 13.0 Å². The monoisotopic (exact) mass is 154 g/mol. The highest BCUT2D eigenvalue weighted by Gasteiger charge is 2.10. The smallest absolute Gasteiger partial charge is 0.159 e. The summed E-state index contributed by atoms with van der Waals surface area (Å²) in [5.74, 6) is 1.00. The number of rotatable bonds is 0. The average molecular weight is 154 g/mol. The van der Waals surface area contributed by atoms with Crippen molar-refractivity contribution in [2.24, 2.45) is 0 Å². The van der Waals surface area contributed by atoms with Gasteiger partial charge in [-0.05, 0) is 6.42 Å². The molecule has 0 aromatic carbocycles. The van der Waals surface area contributed by atoms with Crippen LogP contribution in [0.5, 0.6) is 0 Å². The molecule has 0 aliphatic carbocycles. The molecule has 0 atom stereocenters.